The van der Waals surface area contributed by atoms with E-state index in [9.17, 15) is 4.39 Å². The summed E-state index contributed by atoms with van der Waals surface area (Å²) in [5.41, 5.74) is 1.12. The summed E-state index contributed by atoms with van der Waals surface area (Å²) in [6, 6.07) is 5.31. The molecule has 0 aliphatic heterocycles. The average Bonchev–Trinajstić information content (AvgIpc) is 3.33. The number of hydrogen-bond donors (Lipinski definition) is 2. The van der Waals surface area contributed by atoms with E-state index in [2.05, 4.69) is 15.4 Å². The predicted molar refractivity (Wildman–Crippen MR) is 99.0 cm³/mol. The molecule has 2 aromatic rings. The fraction of sp³-hybridized carbons (Fsp3) is 0.316. The highest BCUT2D eigenvalue weighted by Crippen LogP contribution is 2.20. The van der Waals surface area contributed by atoms with Crippen LogP contribution >= 0.6 is 0 Å². The van der Waals surface area contributed by atoms with Crippen LogP contribution in [0.25, 0.3) is 12.2 Å². The zero-order valence-electron chi connectivity index (χ0n) is 14.5. The Kier molecular flexibility index (Phi) is 5.07. The molecule has 0 spiro atoms. The van der Waals surface area contributed by atoms with Gasteiger partial charge in [0, 0.05) is 35.6 Å². The molecule has 130 valence electrons. The largest absolute Gasteiger partial charge is 0.367 e. The van der Waals surface area contributed by atoms with Crippen LogP contribution in [-0.4, -0.2) is 34.9 Å². The van der Waals surface area contributed by atoms with Crippen molar-refractivity contribution < 1.29 is 4.39 Å². The number of aromatic nitrogens is 2. The first-order valence-electron chi connectivity index (χ1n) is 8.37. The van der Waals surface area contributed by atoms with Gasteiger partial charge in [-0.1, -0.05) is 18.2 Å². The molecule has 2 N–H and O–H groups in total. The average molecular weight is 339 g/mol. The van der Waals surface area contributed by atoms with Crippen LogP contribution in [-0.2, 0) is 6.54 Å². The Hall–Kier alpha value is -2.76. The minimum absolute atomic E-state index is 0.283. The highest BCUT2D eigenvalue weighted by atomic mass is 19.1. The molecular weight excluding hydrogens is 317 g/mol. The number of halogens is 1. The summed E-state index contributed by atoms with van der Waals surface area (Å²) in [6.07, 6.45) is 9.45. The maximum Gasteiger partial charge on any atom is 0.129 e. The third kappa shape index (κ3) is 4.02. The van der Waals surface area contributed by atoms with E-state index < -0.39 is 0 Å². The third-order valence-electron chi connectivity index (χ3n) is 4.17. The van der Waals surface area contributed by atoms with Gasteiger partial charge in [0.2, 0.25) is 0 Å². The smallest absolute Gasteiger partial charge is 0.129 e. The van der Waals surface area contributed by atoms with Crippen LogP contribution in [0.2, 0.25) is 0 Å². The number of aliphatic imine (C=N–C) groups is 1. The van der Waals surface area contributed by atoms with Crippen molar-refractivity contribution in [2.24, 2.45) is 4.99 Å². The standard InChI is InChI=1S/C19H22FN5/c1-3-18-14(8-9-22-2)11-23-25(18)12-15-5-4-13(10-17(15)20)19(21)24-16-6-7-16/h3-5,8-11,16H,6-7,12H2,1-2H3,(H2,21,24)/b14-8-,18-3+,22-9+. The van der Waals surface area contributed by atoms with E-state index in [-0.39, 0.29) is 11.7 Å². The molecule has 1 heterocycles. The summed E-state index contributed by atoms with van der Waals surface area (Å²) in [4.78, 5) is 3.95. The molecule has 0 saturated heterocycles. The summed E-state index contributed by atoms with van der Waals surface area (Å²) in [6.45, 7) is 2.27. The highest BCUT2D eigenvalue weighted by molar-refractivity contribution is 5.96. The van der Waals surface area contributed by atoms with E-state index in [1.54, 1.807) is 36.3 Å². The second-order valence-electron chi connectivity index (χ2n) is 6.11. The lowest BCUT2D eigenvalue weighted by atomic mass is 10.1. The highest BCUT2D eigenvalue weighted by Gasteiger charge is 2.22. The Balaban J connectivity index is 1.84. The molecule has 0 bridgehead atoms. The molecule has 1 aliphatic rings. The van der Waals surface area contributed by atoms with Gasteiger partial charge in [0.05, 0.1) is 18.1 Å². The Bertz CT molecular complexity index is 922. The van der Waals surface area contributed by atoms with Crippen molar-refractivity contribution in [1.29, 1.82) is 5.41 Å². The second kappa shape index (κ2) is 7.42. The van der Waals surface area contributed by atoms with Gasteiger partial charge in [0.25, 0.3) is 0 Å². The fourth-order valence-electron chi connectivity index (χ4n) is 2.64. The van der Waals surface area contributed by atoms with E-state index in [0.29, 0.717) is 23.7 Å². The zero-order chi connectivity index (χ0) is 17.8. The van der Waals surface area contributed by atoms with Crippen LogP contribution in [0.15, 0.2) is 29.4 Å². The van der Waals surface area contributed by atoms with Crippen molar-refractivity contribution in [1.82, 2.24) is 15.1 Å². The molecule has 6 heteroatoms. The van der Waals surface area contributed by atoms with Crippen molar-refractivity contribution >= 4 is 24.2 Å². The van der Waals surface area contributed by atoms with Crippen LogP contribution in [0.5, 0.6) is 0 Å². The lowest BCUT2D eigenvalue weighted by molar-refractivity contribution is 0.579. The number of nitrogens with zero attached hydrogens (tertiary/aromatic N) is 3. The van der Waals surface area contributed by atoms with Crippen molar-refractivity contribution in [2.75, 3.05) is 7.05 Å². The first-order chi connectivity index (χ1) is 12.1. The summed E-state index contributed by atoms with van der Waals surface area (Å²) >= 11 is 0. The van der Waals surface area contributed by atoms with E-state index in [1.807, 2.05) is 19.1 Å². The summed E-state index contributed by atoms with van der Waals surface area (Å²) in [5.74, 6) is -0.0385. The summed E-state index contributed by atoms with van der Waals surface area (Å²) in [5, 5.41) is 17.3. The summed E-state index contributed by atoms with van der Waals surface area (Å²) < 4.78 is 16.3. The number of amidine groups is 1. The predicted octanol–water partition coefficient (Wildman–Crippen LogP) is 1.43. The molecule has 1 saturated carbocycles. The molecule has 0 amide bonds. The third-order valence-corrected chi connectivity index (χ3v) is 4.17. The van der Waals surface area contributed by atoms with E-state index in [1.165, 1.54) is 6.07 Å². The molecular formula is C19H22FN5. The lowest BCUT2D eigenvalue weighted by Gasteiger charge is -2.09. The zero-order valence-corrected chi connectivity index (χ0v) is 14.5. The minimum atomic E-state index is -0.321. The summed E-state index contributed by atoms with van der Waals surface area (Å²) in [7, 11) is 1.71. The second-order valence-corrected chi connectivity index (χ2v) is 6.11. The topological polar surface area (TPSA) is 66.1 Å². The molecule has 5 nitrogen and oxygen atoms in total. The van der Waals surface area contributed by atoms with Crippen molar-refractivity contribution in [2.45, 2.75) is 32.4 Å². The van der Waals surface area contributed by atoms with Gasteiger partial charge in [0.15, 0.2) is 0 Å². The van der Waals surface area contributed by atoms with Crippen LogP contribution in [0.1, 0.15) is 30.9 Å². The molecule has 0 unspecified atom stereocenters. The van der Waals surface area contributed by atoms with Gasteiger partial charge < -0.3 is 5.32 Å². The molecule has 25 heavy (non-hydrogen) atoms. The normalized spacial score (nSPS) is 16.0. The van der Waals surface area contributed by atoms with Gasteiger partial charge in [-0.15, -0.1) is 0 Å². The van der Waals surface area contributed by atoms with Crippen molar-refractivity contribution in [3.63, 3.8) is 0 Å². The van der Waals surface area contributed by atoms with Crippen LogP contribution in [0.3, 0.4) is 0 Å². The first-order valence-corrected chi connectivity index (χ1v) is 8.37. The molecule has 0 radical (unpaired) electrons. The number of hydrogen-bond acceptors (Lipinski definition) is 3. The molecule has 1 aromatic carbocycles. The Morgan fingerprint density at radius 1 is 1.48 bits per heavy atom. The molecule has 0 atom stereocenters. The minimum Gasteiger partial charge on any atom is -0.367 e. The maximum atomic E-state index is 14.5. The molecule has 1 aliphatic carbocycles. The number of rotatable bonds is 5. The molecule has 1 fully saturated rings. The van der Waals surface area contributed by atoms with E-state index >= 15 is 0 Å². The lowest BCUT2D eigenvalue weighted by Crippen LogP contribution is -2.30. The Morgan fingerprint density at radius 3 is 2.92 bits per heavy atom. The first kappa shape index (κ1) is 17.1. The van der Waals surface area contributed by atoms with Gasteiger partial charge in [-0.05, 0) is 31.9 Å². The van der Waals surface area contributed by atoms with Crippen LogP contribution in [0.4, 0.5) is 4.39 Å². The van der Waals surface area contributed by atoms with Gasteiger partial charge in [-0.25, -0.2) is 4.39 Å². The van der Waals surface area contributed by atoms with Gasteiger partial charge >= 0.3 is 0 Å². The van der Waals surface area contributed by atoms with E-state index in [4.69, 9.17) is 5.41 Å². The number of benzene rings is 1. The van der Waals surface area contributed by atoms with Gasteiger partial charge in [0.1, 0.15) is 11.7 Å². The van der Waals surface area contributed by atoms with Crippen LogP contribution < -0.4 is 15.9 Å². The Morgan fingerprint density at radius 2 is 2.28 bits per heavy atom. The quantitative estimate of drug-likeness (QED) is 0.639. The SMILES string of the molecule is C\C=c1/c(=C\C=N\C)cnn1Cc1ccc(C(=N)NC2CC2)cc1F. The van der Waals surface area contributed by atoms with Gasteiger partial charge in [-0.2, -0.15) is 5.10 Å². The van der Waals surface area contributed by atoms with Crippen LogP contribution in [0, 0.1) is 11.2 Å². The number of nitrogens with one attached hydrogen (secondary N) is 2. The molecule has 3 rings (SSSR count). The van der Waals surface area contributed by atoms with E-state index in [0.717, 1.165) is 23.4 Å². The Labute approximate surface area is 146 Å². The maximum absolute atomic E-state index is 14.5. The monoisotopic (exact) mass is 339 g/mol. The fourth-order valence-corrected chi connectivity index (χ4v) is 2.64. The van der Waals surface area contributed by atoms with Gasteiger partial charge in [-0.3, -0.25) is 15.1 Å². The van der Waals surface area contributed by atoms with Crippen molar-refractivity contribution in [3.8, 4) is 0 Å². The molecule has 1 aromatic heterocycles. The van der Waals surface area contributed by atoms with Crippen molar-refractivity contribution in [3.05, 3.63) is 51.9 Å².